The lowest BCUT2D eigenvalue weighted by Crippen LogP contribution is -2.18. The van der Waals surface area contributed by atoms with E-state index in [1.807, 2.05) is 0 Å². The highest BCUT2D eigenvalue weighted by Gasteiger charge is 2.34. The lowest BCUT2D eigenvalue weighted by atomic mass is 10.3. The van der Waals surface area contributed by atoms with Gasteiger partial charge in [-0.15, -0.1) is 24.8 Å². The highest BCUT2D eigenvalue weighted by molar-refractivity contribution is 14.1. The van der Waals surface area contributed by atoms with Gasteiger partial charge in [0.1, 0.15) is 0 Å². The van der Waals surface area contributed by atoms with Crippen LogP contribution in [0.4, 0.5) is 19.0 Å². The Balaban J connectivity index is 3.25. The minimum atomic E-state index is -4.89. The van der Waals surface area contributed by atoms with Gasteiger partial charge in [0.15, 0.2) is 11.9 Å². The first-order valence-electron chi connectivity index (χ1n) is 3.89. The highest BCUT2D eigenvalue weighted by Crippen LogP contribution is 2.33. The summed E-state index contributed by atoms with van der Waals surface area (Å²) in [6.45, 7) is 0. The fraction of sp³-hybridized carbons (Fsp3) is 0.286. The molecule has 0 aliphatic heterocycles. The average Bonchev–Trinajstić information content (AvgIpc) is 2.18. The maximum atomic E-state index is 12.0. The van der Waals surface area contributed by atoms with Crippen LogP contribution in [0.25, 0.3) is 0 Å². The summed E-state index contributed by atoms with van der Waals surface area (Å²) in [6.07, 6.45) is -4.25. The molecule has 1 aromatic rings. The molecule has 0 bridgehead atoms. The summed E-state index contributed by atoms with van der Waals surface area (Å²) < 4.78 is 39.6. The number of ether oxygens (including phenoxy) is 1. The van der Waals surface area contributed by atoms with Crippen molar-refractivity contribution in [1.82, 2.24) is 4.98 Å². The molecule has 0 saturated carbocycles. The van der Waals surface area contributed by atoms with Gasteiger partial charge < -0.3 is 14.9 Å². The first kappa shape index (κ1) is 14.2. The quantitative estimate of drug-likeness (QED) is 0.348. The molecule has 0 N–H and O–H groups in total. The second-order valence-electron chi connectivity index (χ2n) is 2.68. The van der Waals surface area contributed by atoms with Crippen LogP contribution in [0.5, 0.6) is 5.75 Å². The van der Waals surface area contributed by atoms with Crippen molar-refractivity contribution in [2.75, 3.05) is 0 Å². The van der Waals surface area contributed by atoms with Crippen LogP contribution in [0.2, 0.25) is 0 Å². The summed E-state index contributed by atoms with van der Waals surface area (Å²) in [4.78, 5) is 13.0. The highest BCUT2D eigenvalue weighted by atomic mass is 127. The molecular weight excluding hydrogens is 379 g/mol. The summed E-state index contributed by atoms with van der Waals surface area (Å²) in [7, 11) is 0. The molecule has 94 valence electrons. The third kappa shape index (κ3) is 3.56. The van der Waals surface area contributed by atoms with Crippen LogP contribution in [0, 0.1) is 13.7 Å². The van der Waals surface area contributed by atoms with E-state index in [9.17, 15) is 23.3 Å². The minimum absolute atomic E-state index is 0.0865. The van der Waals surface area contributed by atoms with Crippen molar-refractivity contribution in [3.05, 3.63) is 25.4 Å². The second-order valence-corrected chi connectivity index (χ2v) is 4.02. The Morgan fingerprint density at radius 1 is 1.59 bits per heavy atom. The molecule has 0 radical (unpaired) electrons. The van der Waals surface area contributed by atoms with Crippen molar-refractivity contribution in [2.24, 2.45) is 0 Å². The Morgan fingerprint density at radius 2 is 2.18 bits per heavy atom. The van der Waals surface area contributed by atoms with Gasteiger partial charge in [0.2, 0.25) is 0 Å². The van der Waals surface area contributed by atoms with Crippen molar-refractivity contribution in [2.45, 2.75) is 12.2 Å². The number of pyridine rings is 1. The summed E-state index contributed by atoms with van der Waals surface area (Å²) >= 11 is 6.92. The van der Waals surface area contributed by atoms with Crippen LogP contribution < -0.4 is 4.74 Å². The molecule has 0 amide bonds. The molecule has 0 spiro atoms. The zero-order chi connectivity index (χ0) is 13.2. The normalized spacial score (nSPS) is 11.4. The second kappa shape index (κ2) is 5.21. The molecule has 0 atom stereocenters. The summed E-state index contributed by atoms with van der Waals surface area (Å²) in [6, 6.07) is 0. The number of hydrogen-bond donors (Lipinski definition) is 0. The van der Waals surface area contributed by atoms with E-state index in [0.717, 1.165) is 0 Å². The fourth-order valence-corrected chi connectivity index (χ4v) is 2.13. The number of aromatic nitrogens is 1. The number of hydrogen-bond acceptors (Lipinski definition) is 4. The van der Waals surface area contributed by atoms with Crippen LogP contribution in [0.15, 0.2) is 6.20 Å². The van der Waals surface area contributed by atoms with E-state index in [2.05, 4.69) is 9.72 Å². The molecule has 0 unspecified atom stereocenters. The maximum absolute atomic E-state index is 12.0. The molecule has 0 aliphatic carbocycles. The largest absolute Gasteiger partial charge is 0.573 e. The third-order valence-electron chi connectivity index (χ3n) is 1.59. The van der Waals surface area contributed by atoms with E-state index < -0.39 is 22.9 Å². The number of halogens is 5. The Kier molecular flexibility index (Phi) is 4.36. The molecule has 1 heterocycles. The number of rotatable bonds is 3. The molecule has 0 fully saturated rings. The Morgan fingerprint density at radius 3 is 2.59 bits per heavy atom. The predicted molar refractivity (Wildman–Crippen MR) is 59.8 cm³/mol. The smallest absolute Gasteiger partial charge is 0.401 e. The molecule has 0 saturated heterocycles. The monoisotopic (exact) mass is 382 g/mol. The third-order valence-corrected chi connectivity index (χ3v) is 3.04. The number of nitro groups is 1. The zero-order valence-corrected chi connectivity index (χ0v) is 10.7. The maximum Gasteiger partial charge on any atom is 0.573 e. The van der Waals surface area contributed by atoms with Crippen LogP contribution >= 0.6 is 34.2 Å². The SMILES string of the molecule is O=[N+]([O-])c1ncc(OC(F)(F)F)c(I)c1CCl. The Labute approximate surface area is 111 Å². The van der Waals surface area contributed by atoms with Crippen molar-refractivity contribution in [3.8, 4) is 5.75 Å². The molecule has 1 rings (SSSR count). The van der Waals surface area contributed by atoms with E-state index >= 15 is 0 Å². The van der Waals surface area contributed by atoms with Gasteiger partial charge in [0.05, 0.1) is 15.0 Å². The van der Waals surface area contributed by atoms with Gasteiger partial charge in [-0.25, -0.2) is 0 Å². The summed E-state index contributed by atoms with van der Waals surface area (Å²) in [5.74, 6) is -1.53. The van der Waals surface area contributed by atoms with Gasteiger partial charge in [0, 0.05) is 0 Å². The van der Waals surface area contributed by atoms with Gasteiger partial charge in [-0.2, -0.15) is 0 Å². The first-order chi connectivity index (χ1) is 7.76. The molecule has 10 heteroatoms. The van der Waals surface area contributed by atoms with Gasteiger partial charge in [-0.3, -0.25) is 0 Å². The topological polar surface area (TPSA) is 65.3 Å². The fourth-order valence-electron chi connectivity index (χ4n) is 0.973. The molecule has 17 heavy (non-hydrogen) atoms. The lowest BCUT2D eigenvalue weighted by molar-refractivity contribution is -0.390. The Bertz CT molecular complexity index is 455. The van der Waals surface area contributed by atoms with Crippen LogP contribution in [0.3, 0.4) is 0 Å². The predicted octanol–water partition coefficient (Wildman–Crippen LogP) is 3.23. The van der Waals surface area contributed by atoms with Crippen LogP contribution in [-0.2, 0) is 5.88 Å². The molecule has 0 aliphatic rings. The standard InChI is InChI=1S/C7H3ClF3IN2O3/c8-1-3-5(12)4(17-7(9,10)11)2-13-6(3)14(15)16/h2H,1H2. The van der Waals surface area contributed by atoms with Crippen molar-refractivity contribution in [1.29, 1.82) is 0 Å². The van der Waals surface area contributed by atoms with E-state index in [0.29, 0.717) is 6.20 Å². The Hall–Kier alpha value is -0.840. The van der Waals surface area contributed by atoms with E-state index in [4.69, 9.17) is 11.6 Å². The van der Waals surface area contributed by atoms with E-state index in [-0.39, 0.29) is 15.0 Å². The van der Waals surface area contributed by atoms with E-state index in [1.165, 1.54) is 22.6 Å². The van der Waals surface area contributed by atoms with Gasteiger partial charge in [-0.1, -0.05) is 0 Å². The van der Waals surface area contributed by atoms with E-state index in [1.54, 1.807) is 0 Å². The van der Waals surface area contributed by atoms with Crippen molar-refractivity contribution >= 4 is 40.0 Å². The summed E-state index contributed by atoms with van der Waals surface area (Å²) in [5.41, 5.74) is -0.112. The molecule has 5 nitrogen and oxygen atoms in total. The zero-order valence-electron chi connectivity index (χ0n) is 7.79. The van der Waals surface area contributed by atoms with Crippen molar-refractivity contribution in [3.63, 3.8) is 0 Å². The average molecular weight is 382 g/mol. The van der Waals surface area contributed by atoms with Gasteiger partial charge in [-0.05, 0) is 32.5 Å². The van der Waals surface area contributed by atoms with Gasteiger partial charge >= 0.3 is 12.2 Å². The molecule has 1 aromatic heterocycles. The van der Waals surface area contributed by atoms with Crippen LogP contribution in [0.1, 0.15) is 5.56 Å². The number of alkyl halides is 4. The van der Waals surface area contributed by atoms with Crippen LogP contribution in [-0.4, -0.2) is 16.3 Å². The van der Waals surface area contributed by atoms with Crippen molar-refractivity contribution < 1.29 is 22.8 Å². The van der Waals surface area contributed by atoms with Gasteiger partial charge in [0.25, 0.3) is 0 Å². The lowest BCUT2D eigenvalue weighted by Gasteiger charge is -2.10. The number of nitrogens with zero attached hydrogens (tertiary/aromatic N) is 2. The summed E-state index contributed by atoms with van der Waals surface area (Å²) in [5, 5.41) is 10.5. The first-order valence-corrected chi connectivity index (χ1v) is 5.51. The molecular formula is C7H3ClF3IN2O3. The minimum Gasteiger partial charge on any atom is -0.401 e. The molecule has 0 aromatic carbocycles.